The van der Waals surface area contributed by atoms with E-state index in [1.54, 1.807) is 0 Å². The van der Waals surface area contributed by atoms with Gasteiger partial charge in [0.15, 0.2) is 0 Å². The van der Waals surface area contributed by atoms with Crippen LogP contribution in [-0.4, -0.2) is 0 Å². The minimum Gasteiger partial charge on any atom is -0.0619 e. The van der Waals surface area contributed by atoms with Crippen LogP contribution in [0.5, 0.6) is 0 Å². The Hall–Kier alpha value is -6.76. The van der Waals surface area contributed by atoms with Crippen molar-refractivity contribution in [1.29, 1.82) is 0 Å². The van der Waals surface area contributed by atoms with E-state index in [4.69, 9.17) is 0 Å². The number of rotatable bonds is 3. The lowest BCUT2D eigenvalue weighted by atomic mass is 9.79. The van der Waals surface area contributed by atoms with Gasteiger partial charge in [-0.15, -0.1) is 0 Å². The van der Waals surface area contributed by atoms with Gasteiger partial charge in [0.05, 0.1) is 0 Å². The maximum absolute atomic E-state index is 2.53. The molecule has 274 valence electrons. The fourth-order valence-electron chi connectivity index (χ4n) is 11.1. The second-order valence-corrected chi connectivity index (χ2v) is 17.6. The summed E-state index contributed by atoms with van der Waals surface area (Å²) >= 11 is 0. The molecule has 0 saturated carbocycles. The maximum Gasteiger partial charge on any atom is 0.0165 e. The van der Waals surface area contributed by atoms with E-state index in [2.05, 4.69) is 210 Å². The Morgan fingerprint density at radius 1 is 0.276 bits per heavy atom. The lowest BCUT2D eigenvalue weighted by Crippen LogP contribution is -2.15. The van der Waals surface area contributed by atoms with Crippen LogP contribution in [0.15, 0.2) is 182 Å². The van der Waals surface area contributed by atoms with Crippen molar-refractivity contribution in [2.45, 2.75) is 38.5 Å². The van der Waals surface area contributed by atoms with Gasteiger partial charge in [-0.2, -0.15) is 0 Å². The molecule has 0 atom stereocenters. The normalized spacial score (nSPS) is 14.5. The van der Waals surface area contributed by atoms with Gasteiger partial charge >= 0.3 is 0 Å². The molecule has 2 aliphatic carbocycles. The fraction of sp³-hybridized carbons (Fsp3) is 0.103. The molecule has 0 N–H and O–H groups in total. The molecule has 0 heterocycles. The van der Waals surface area contributed by atoms with Crippen LogP contribution in [0.25, 0.3) is 98.7 Å². The summed E-state index contributed by atoms with van der Waals surface area (Å²) in [6.45, 7) is 9.54. The standard InChI is InChI=1S/C58H42/c1-57(2)50-24-14-13-23-47(50)55-41-18-8-7-17-40(41)49(34-52(55)57)54-44-21-11-9-19-42(44)53(43-20-10-12-22-45(43)54)37-27-25-35(26-28-37)38-30-32-51-48(33-38)46-31-29-36-15-5-6-16-39(36)56(46)58(51,3)4/h5-34H,1-4H3. The van der Waals surface area contributed by atoms with Gasteiger partial charge in [0.25, 0.3) is 0 Å². The van der Waals surface area contributed by atoms with E-state index in [1.807, 2.05) is 0 Å². The first kappa shape index (κ1) is 33.4. The second-order valence-electron chi connectivity index (χ2n) is 17.6. The molecule has 12 rings (SSSR count). The van der Waals surface area contributed by atoms with Crippen LogP contribution in [0.2, 0.25) is 0 Å². The molecule has 58 heavy (non-hydrogen) atoms. The molecule has 0 aromatic heterocycles. The molecule has 0 spiro atoms. The molecule has 0 aliphatic heterocycles. The molecule has 0 bridgehead atoms. The highest BCUT2D eigenvalue weighted by molar-refractivity contribution is 6.24. The Kier molecular flexibility index (Phi) is 6.84. The minimum absolute atomic E-state index is 0.0600. The molecule has 10 aromatic rings. The summed E-state index contributed by atoms with van der Waals surface area (Å²) in [6, 6.07) is 68.6. The molecular weight excluding hydrogens is 697 g/mol. The summed E-state index contributed by atoms with van der Waals surface area (Å²) in [5.74, 6) is 0. The van der Waals surface area contributed by atoms with E-state index in [1.165, 1.54) is 121 Å². The molecule has 10 aromatic carbocycles. The first-order valence-corrected chi connectivity index (χ1v) is 20.7. The van der Waals surface area contributed by atoms with Crippen LogP contribution >= 0.6 is 0 Å². The highest BCUT2D eigenvalue weighted by atomic mass is 14.4. The molecule has 0 amide bonds. The summed E-state index contributed by atoms with van der Waals surface area (Å²) in [5.41, 5.74) is 18.6. The third-order valence-electron chi connectivity index (χ3n) is 13.8. The SMILES string of the molecule is CC1(C)c2ccccc2-c2c1cc(-c1c3ccccc3c(-c3ccc(-c4ccc5c(c4)-c4ccc6ccccc6c4C5(C)C)cc3)c3ccccc13)c1ccccc21. The molecular formula is C58H42. The van der Waals surface area contributed by atoms with Crippen molar-refractivity contribution >= 4 is 43.1 Å². The zero-order chi connectivity index (χ0) is 38.9. The number of hydrogen-bond acceptors (Lipinski definition) is 0. The smallest absolute Gasteiger partial charge is 0.0165 e. The summed E-state index contributed by atoms with van der Waals surface area (Å²) in [4.78, 5) is 0. The molecule has 2 aliphatic rings. The summed E-state index contributed by atoms with van der Waals surface area (Å²) in [6.07, 6.45) is 0. The van der Waals surface area contributed by atoms with E-state index in [0.29, 0.717) is 0 Å². The maximum atomic E-state index is 2.53. The third-order valence-corrected chi connectivity index (χ3v) is 13.8. The number of hydrogen-bond donors (Lipinski definition) is 0. The van der Waals surface area contributed by atoms with Crippen molar-refractivity contribution in [2.75, 3.05) is 0 Å². The van der Waals surface area contributed by atoms with Gasteiger partial charge < -0.3 is 0 Å². The van der Waals surface area contributed by atoms with Crippen LogP contribution in [0.1, 0.15) is 49.9 Å². The zero-order valence-corrected chi connectivity index (χ0v) is 33.3. The van der Waals surface area contributed by atoms with E-state index < -0.39 is 0 Å². The van der Waals surface area contributed by atoms with E-state index in [0.717, 1.165) is 0 Å². The van der Waals surface area contributed by atoms with Crippen molar-refractivity contribution < 1.29 is 0 Å². The highest BCUT2D eigenvalue weighted by Crippen LogP contribution is 2.55. The highest BCUT2D eigenvalue weighted by Gasteiger charge is 2.38. The van der Waals surface area contributed by atoms with Crippen LogP contribution in [0.4, 0.5) is 0 Å². The molecule has 0 saturated heterocycles. The predicted octanol–water partition coefficient (Wildman–Crippen LogP) is 15.9. The van der Waals surface area contributed by atoms with Gasteiger partial charge in [0.1, 0.15) is 0 Å². The summed E-state index contributed by atoms with van der Waals surface area (Å²) in [5, 5.41) is 10.4. The summed E-state index contributed by atoms with van der Waals surface area (Å²) < 4.78 is 0. The topological polar surface area (TPSA) is 0 Å². The zero-order valence-electron chi connectivity index (χ0n) is 33.3. The van der Waals surface area contributed by atoms with Crippen molar-refractivity contribution in [3.8, 4) is 55.6 Å². The molecule has 0 heteroatoms. The Morgan fingerprint density at radius 2 is 0.793 bits per heavy atom. The Bertz CT molecular complexity index is 3320. The third kappa shape index (κ3) is 4.46. The van der Waals surface area contributed by atoms with Gasteiger partial charge in [-0.3, -0.25) is 0 Å². The summed E-state index contributed by atoms with van der Waals surface area (Å²) in [7, 11) is 0. The fourth-order valence-corrected chi connectivity index (χ4v) is 11.1. The molecule has 0 unspecified atom stereocenters. The van der Waals surface area contributed by atoms with Crippen molar-refractivity contribution in [1.82, 2.24) is 0 Å². The molecule has 0 nitrogen and oxygen atoms in total. The monoisotopic (exact) mass is 738 g/mol. The van der Waals surface area contributed by atoms with Crippen LogP contribution < -0.4 is 0 Å². The lowest BCUT2D eigenvalue weighted by Gasteiger charge is -2.24. The Morgan fingerprint density at radius 3 is 1.48 bits per heavy atom. The van der Waals surface area contributed by atoms with E-state index in [9.17, 15) is 0 Å². The van der Waals surface area contributed by atoms with Gasteiger partial charge in [0.2, 0.25) is 0 Å². The van der Waals surface area contributed by atoms with Crippen molar-refractivity contribution in [3.63, 3.8) is 0 Å². The van der Waals surface area contributed by atoms with Gasteiger partial charge in [0, 0.05) is 10.8 Å². The van der Waals surface area contributed by atoms with Gasteiger partial charge in [-0.1, -0.05) is 198 Å². The first-order chi connectivity index (χ1) is 28.3. The lowest BCUT2D eigenvalue weighted by molar-refractivity contribution is 0.661. The largest absolute Gasteiger partial charge is 0.0619 e. The van der Waals surface area contributed by atoms with Crippen molar-refractivity contribution in [3.05, 3.63) is 204 Å². The Labute approximate surface area is 340 Å². The average Bonchev–Trinajstić information content (AvgIpc) is 3.64. The quantitative estimate of drug-likeness (QED) is 0.158. The molecule has 0 fully saturated rings. The Balaban J connectivity index is 1.03. The van der Waals surface area contributed by atoms with Gasteiger partial charge in [-0.05, 0) is 133 Å². The average molecular weight is 739 g/mol. The number of fused-ring (bicyclic) bond motifs is 12. The second kappa shape index (κ2) is 11.9. The van der Waals surface area contributed by atoms with Crippen LogP contribution in [0, 0.1) is 0 Å². The van der Waals surface area contributed by atoms with Gasteiger partial charge in [-0.25, -0.2) is 0 Å². The molecule has 0 radical (unpaired) electrons. The minimum atomic E-state index is -0.106. The predicted molar refractivity (Wildman–Crippen MR) is 248 cm³/mol. The van der Waals surface area contributed by atoms with E-state index >= 15 is 0 Å². The first-order valence-electron chi connectivity index (χ1n) is 20.7. The van der Waals surface area contributed by atoms with Crippen LogP contribution in [-0.2, 0) is 10.8 Å². The van der Waals surface area contributed by atoms with Crippen molar-refractivity contribution in [2.24, 2.45) is 0 Å². The van der Waals surface area contributed by atoms with Crippen LogP contribution in [0.3, 0.4) is 0 Å². The number of benzene rings is 10. The van der Waals surface area contributed by atoms with E-state index in [-0.39, 0.29) is 10.8 Å².